The fraction of sp³-hybridized carbons (Fsp3) is 0.680. The molecule has 2 N–H and O–H groups in total. The summed E-state index contributed by atoms with van der Waals surface area (Å²) in [6, 6.07) is 1.70. The van der Waals surface area contributed by atoms with Crippen molar-refractivity contribution in [1.82, 2.24) is 0 Å². The second-order valence-corrected chi connectivity index (χ2v) is 11.1. The van der Waals surface area contributed by atoms with E-state index >= 15 is 0 Å². The first-order valence-electron chi connectivity index (χ1n) is 11.7. The van der Waals surface area contributed by atoms with Gasteiger partial charge in [-0.15, -0.1) is 11.3 Å². The molecule has 1 saturated heterocycles. The van der Waals surface area contributed by atoms with Crippen molar-refractivity contribution in [3.63, 3.8) is 0 Å². The normalized spacial score (nSPS) is 29.3. The smallest absolute Gasteiger partial charge is 0.348 e. The molecule has 0 spiro atoms. The summed E-state index contributed by atoms with van der Waals surface area (Å²) in [6.45, 7) is 5.42. The third-order valence-corrected chi connectivity index (χ3v) is 8.16. The van der Waals surface area contributed by atoms with Crippen molar-refractivity contribution in [2.45, 2.75) is 77.4 Å². The second-order valence-electron chi connectivity index (χ2n) is 10.1. The Hall–Kier alpha value is -1.88. The van der Waals surface area contributed by atoms with Crippen LogP contribution < -0.4 is 4.90 Å². The molecule has 2 saturated carbocycles. The van der Waals surface area contributed by atoms with Crippen molar-refractivity contribution in [2.24, 2.45) is 17.3 Å². The molecule has 174 valence electrons. The molecule has 0 atom stereocenters. The van der Waals surface area contributed by atoms with Crippen molar-refractivity contribution in [1.29, 1.82) is 0 Å². The number of aliphatic hydroxyl groups excluding tert-OH is 1. The van der Waals surface area contributed by atoms with Crippen LogP contribution in [0.15, 0.2) is 6.07 Å². The second kappa shape index (κ2) is 9.54. The van der Waals surface area contributed by atoms with Gasteiger partial charge >= 0.3 is 5.97 Å². The Bertz CT molecular complexity index is 908. The standard InChI is InChI=1S/C25H33NO5S/c1-16-3-5-17(6-4-16)23(28)26(18-7-9-19(27)10-8-18)21-13-20(32-22(21)24(29)30)11-12-25(2)14-31-15-25/h13,16-19,27H,3-10,14-15H2,1-2H3,(H,29,30)/t16?,17?,18-,19-. The van der Waals surface area contributed by atoms with E-state index < -0.39 is 5.97 Å². The summed E-state index contributed by atoms with van der Waals surface area (Å²) in [5.41, 5.74) is 0.285. The molecule has 4 rings (SSSR count). The van der Waals surface area contributed by atoms with E-state index in [1.807, 2.05) is 6.92 Å². The van der Waals surface area contributed by atoms with Gasteiger partial charge in [-0.25, -0.2) is 4.79 Å². The maximum atomic E-state index is 13.8. The molecular formula is C25H33NO5S. The molecule has 0 unspecified atom stereocenters. The molecule has 6 nitrogen and oxygen atoms in total. The number of carbonyl (C=O) groups is 2. The Morgan fingerprint density at radius 2 is 1.78 bits per heavy atom. The summed E-state index contributed by atoms with van der Waals surface area (Å²) in [5, 5.41) is 19.9. The van der Waals surface area contributed by atoms with Gasteiger partial charge in [0, 0.05) is 12.0 Å². The van der Waals surface area contributed by atoms with Crippen molar-refractivity contribution in [2.75, 3.05) is 18.1 Å². The van der Waals surface area contributed by atoms with Gasteiger partial charge in [0.2, 0.25) is 5.91 Å². The van der Waals surface area contributed by atoms with Crippen LogP contribution in [0.1, 0.15) is 79.8 Å². The first-order valence-corrected chi connectivity index (χ1v) is 12.6. The number of carbonyl (C=O) groups excluding carboxylic acids is 1. The molecule has 2 heterocycles. The zero-order chi connectivity index (χ0) is 22.9. The number of anilines is 1. The molecule has 7 heteroatoms. The summed E-state index contributed by atoms with van der Waals surface area (Å²) >= 11 is 1.14. The van der Waals surface area contributed by atoms with Gasteiger partial charge in [-0.2, -0.15) is 0 Å². The van der Waals surface area contributed by atoms with E-state index in [1.54, 1.807) is 11.0 Å². The zero-order valence-corrected chi connectivity index (χ0v) is 19.7. The summed E-state index contributed by atoms with van der Waals surface area (Å²) in [5.74, 6) is 5.93. The van der Waals surface area contributed by atoms with E-state index in [-0.39, 0.29) is 34.3 Å². The van der Waals surface area contributed by atoms with Crippen LogP contribution in [-0.4, -0.2) is 47.4 Å². The van der Waals surface area contributed by atoms with Gasteiger partial charge in [-0.1, -0.05) is 18.8 Å². The van der Waals surface area contributed by atoms with Crippen LogP contribution in [0.25, 0.3) is 0 Å². The fourth-order valence-corrected chi connectivity index (χ4v) is 5.83. The number of rotatable bonds is 4. The van der Waals surface area contributed by atoms with Crippen LogP contribution in [0.4, 0.5) is 5.69 Å². The third kappa shape index (κ3) is 5.03. The molecule has 0 aromatic carbocycles. The van der Waals surface area contributed by atoms with Gasteiger partial charge in [-0.05, 0) is 70.3 Å². The van der Waals surface area contributed by atoms with E-state index in [9.17, 15) is 19.8 Å². The van der Waals surface area contributed by atoms with E-state index in [4.69, 9.17) is 4.74 Å². The van der Waals surface area contributed by atoms with Crippen LogP contribution in [-0.2, 0) is 9.53 Å². The summed E-state index contributed by atoms with van der Waals surface area (Å²) < 4.78 is 5.26. The topological polar surface area (TPSA) is 87.1 Å². The number of amides is 1. The molecule has 32 heavy (non-hydrogen) atoms. The van der Waals surface area contributed by atoms with E-state index in [2.05, 4.69) is 18.8 Å². The minimum Gasteiger partial charge on any atom is -0.477 e. The monoisotopic (exact) mass is 459 g/mol. The number of hydrogen-bond acceptors (Lipinski definition) is 5. The molecule has 3 fully saturated rings. The maximum absolute atomic E-state index is 13.8. The van der Waals surface area contributed by atoms with Crippen molar-refractivity contribution in [3.8, 4) is 11.8 Å². The number of hydrogen-bond donors (Lipinski definition) is 2. The lowest BCUT2D eigenvalue weighted by Gasteiger charge is -2.38. The number of aliphatic hydroxyl groups is 1. The van der Waals surface area contributed by atoms with Crippen LogP contribution >= 0.6 is 11.3 Å². The molecule has 1 aromatic heterocycles. The maximum Gasteiger partial charge on any atom is 0.348 e. The number of ether oxygens (including phenoxy) is 1. The lowest BCUT2D eigenvalue weighted by molar-refractivity contribution is -0.124. The van der Waals surface area contributed by atoms with Crippen molar-refractivity contribution >= 4 is 28.9 Å². The molecule has 1 aliphatic heterocycles. The van der Waals surface area contributed by atoms with Crippen molar-refractivity contribution < 1.29 is 24.5 Å². The predicted octanol–water partition coefficient (Wildman–Crippen LogP) is 4.30. The number of carboxylic acid groups (broad SMARTS) is 1. The lowest BCUT2D eigenvalue weighted by atomic mass is 9.81. The predicted molar refractivity (Wildman–Crippen MR) is 124 cm³/mol. The van der Waals surface area contributed by atoms with Crippen molar-refractivity contribution in [3.05, 3.63) is 15.8 Å². The first kappa shape index (κ1) is 23.3. The highest BCUT2D eigenvalue weighted by atomic mass is 32.1. The highest BCUT2D eigenvalue weighted by Crippen LogP contribution is 2.39. The largest absolute Gasteiger partial charge is 0.477 e. The molecule has 1 aromatic rings. The molecular weight excluding hydrogens is 426 g/mol. The van der Waals surface area contributed by atoms with Gasteiger partial charge < -0.3 is 19.8 Å². The van der Waals surface area contributed by atoms with Crippen LogP contribution in [0, 0.1) is 29.1 Å². The fourth-order valence-electron chi connectivity index (χ4n) is 4.98. The Kier molecular flexibility index (Phi) is 6.94. The van der Waals surface area contributed by atoms with Crippen LogP contribution in [0.2, 0.25) is 0 Å². The SMILES string of the molecule is CC1CCC(C(=O)N(c2cc(C#CC3(C)COC3)sc2C(=O)O)[C@H]2CC[C@H](O)CC2)CC1. The van der Waals surface area contributed by atoms with E-state index in [0.717, 1.165) is 37.0 Å². The average molecular weight is 460 g/mol. The molecule has 0 bridgehead atoms. The summed E-state index contributed by atoms with van der Waals surface area (Å²) in [6.07, 6.45) is 6.05. The Labute approximate surface area is 194 Å². The quantitative estimate of drug-likeness (QED) is 0.656. The Morgan fingerprint density at radius 3 is 2.34 bits per heavy atom. The van der Waals surface area contributed by atoms with Gasteiger partial charge in [0.05, 0.1) is 35.3 Å². The highest BCUT2D eigenvalue weighted by molar-refractivity contribution is 7.15. The van der Waals surface area contributed by atoms with E-state index in [0.29, 0.717) is 55.4 Å². The minimum absolute atomic E-state index is 0.0393. The highest BCUT2D eigenvalue weighted by Gasteiger charge is 2.37. The van der Waals surface area contributed by atoms with Gasteiger partial charge in [0.25, 0.3) is 0 Å². The number of aromatic carboxylic acids is 1. The molecule has 3 aliphatic rings. The first-order chi connectivity index (χ1) is 15.3. The van der Waals surface area contributed by atoms with Crippen LogP contribution in [0.3, 0.4) is 0 Å². The van der Waals surface area contributed by atoms with Gasteiger partial charge in [0.1, 0.15) is 4.88 Å². The Balaban J connectivity index is 1.67. The number of thiophene rings is 1. The van der Waals surface area contributed by atoms with E-state index in [1.165, 1.54) is 0 Å². The van der Waals surface area contributed by atoms with Gasteiger partial charge in [-0.3, -0.25) is 4.79 Å². The van der Waals surface area contributed by atoms with Gasteiger partial charge in [0.15, 0.2) is 0 Å². The molecule has 0 radical (unpaired) electrons. The lowest BCUT2D eigenvalue weighted by Crippen LogP contribution is -2.47. The molecule has 2 aliphatic carbocycles. The third-order valence-electron chi connectivity index (χ3n) is 7.13. The van der Waals surface area contributed by atoms with Crippen LogP contribution in [0.5, 0.6) is 0 Å². The number of carboxylic acids is 1. The average Bonchev–Trinajstić information content (AvgIpc) is 3.17. The zero-order valence-electron chi connectivity index (χ0n) is 18.9. The Morgan fingerprint density at radius 1 is 1.12 bits per heavy atom. The summed E-state index contributed by atoms with van der Waals surface area (Å²) in [4.78, 5) is 28.5. The minimum atomic E-state index is -1.03. The molecule has 1 amide bonds. The number of nitrogens with zero attached hydrogens (tertiary/aromatic N) is 1. The summed E-state index contributed by atoms with van der Waals surface area (Å²) in [7, 11) is 0.